The monoisotopic (exact) mass is 323 g/mol. The summed E-state index contributed by atoms with van der Waals surface area (Å²) in [5.74, 6) is 0.911. The standard InChI is InChI=1S/C15H18ClN3O3/c1-21-11-6-10(9-20)19(7-11)8-14-17-18-15(22-14)12-4-2-3-5-13(12)16/h2-5,10-11,20H,6-9H2,1H3/t10-,11+/m0/s1. The summed E-state index contributed by atoms with van der Waals surface area (Å²) in [5, 5.41) is 18.2. The van der Waals surface area contributed by atoms with E-state index in [0.717, 1.165) is 18.5 Å². The van der Waals surface area contributed by atoms with Gasteiger partial charge >= 0.3 is 0 Å². The fraction of sp³-hybridized carbons (Fsp3) is 0.467. The van der Waals surface area contributed by atoms with E-state index in [0.29, 0.717) is 23.3 Å². The Bertz CT molecular complexity index is 634. The molecule has 22 heavy (non-hydrogen) atoms. The van der Waals surface area contributed by atoms with Gasteiger partial charge in [-0.3, -0.25) is 4.90 Å². The summed E-state index contributed by atoms with van der Waals surface area (Å²) in [6.07, 6.45) is 0.932. The van der Waals surface area contributed by atoms with Gasteiger partial charge in [0, 0.05) is 19.7 Å². The summed E-state index contributed by atoms with van der Waals surface area (Å²) in [6, 6.07) is 7.40. The van der Waals surface area contributed by atoms with Crippen molar-refractivity contribution < 1.29 is 14.3 Å². The topological polar surface area (TPSA) is 71.6 Å². The van der Waals surface area contributed by atoms with Crippen LogP contribution in [0.15, 0.2) is 28.7 Å². The summed E-state index contributed by atoms with van der Waals surface area (Å²) >= 11 is 6.13. The maximum absolute atomic E-state index is 9.47. The van der Waals surface area contributed by atoms with E-state index >= 15 is 0 Å². The predicted octanol–water partition coefficient (Wildman–Crippen LogP) is 1.97. The maximum Gasteiger partial charge on any atom is 0.249 e. The van der Waals surface area contributed by atoms with E-state index in [-0.39, 0.29) is 18.8 Å². The lowest BCUT2D eigenvalue weighted by Crippen LogP contribution is -2.32. The fourth-order valence-electron chi connectivity index (χ4n) is 2.73. The second-order valence-corrected chi connectivity index (χ2v) is 5.75. The lowest BCUT2D eigenvalue weighted by atomic mass is 10.2. The molecule has 2 aromatic rings. The van der Waals surface area contributed by atoms with Crippen LogP contribution < -0.4 is 0 Å². The van der Waals surface area contributed by atoms with Crippen LogP contribution in [0.25, 0.3) is 11.5 Å². The first-order chi connectivity index (χ1) is 10.7. The van der Waals surface area contributed by atoms with Crippen molar-refractivity contribution in [1.82, 2.24) is 15.1 Å². The number of rotatable bonds is 5. The lowest BCUT2D eigenvalue weighted by molar-refractivity contribution is 0.105. The molecule has 0 aliphatic carbocycles. The van der Waals surface area contributed by atoms with E-state index in [1.807, 2.05) is 18.2 Å². The van der Waals surface area contributed by atoms with Crippen molar-refractivity contribution >= 4 is 11.6 Å². The minimum atomic E-state index is 0.0561. The Balaban J connectivity index is 1.73. The van der Waals surface area contributed by atoms with Crippen molar-refractivity contribution in [2.45, 2.75) is 25.1 Å². The average Bonchev–Trinajstić information content (AvgIpc) is 3.15. The highest BCUT2D eigenvalue weighted by Gasteiger charge is 2.32. The van der Waals surface area contributed by atoms with Crippen LogP contribution in [0.5, 0.6) is 0 Å². The van der Waals surface area contributed by atoms with Gasteiger partial charge in [0.05, 0.1) is 29.8 Å². The minimum Gasteiger partial charge on any atom is -0.419 e. The summed E-state index contributed by atoms with van der Waals surface area (Å²) in [5.41, 5.74) is 0.720. The van der Waals surface area contributed by atoms with Crippen molar-refractivity contribution in [2.24, 2.45) is 0 Å². The number of ether oxygens (including phenoxy) is 1. The number of methoxy groups -OCH3 is 1. The largest absolute Gasteiger partial charge is 0.419 e. The molecule has 2 atom stereocenters. The first-order valence-corrected chi connectivity index (χ1v) is 7.54. The van der Waals surface area contributed by atoms with E-state index < -0.39 is 0 Å². The van der Waals surface area contributed by atoms with Crippen LogP contribution in [0.1, 0.15) is 12.3 Å². The highest BCUT2D eigenvalue weighted by atomic mass is 35.5. The minimum absolute atomic E-state index is 0.0561. The summed E-state index contributed by atoms with van der Waals surface area (Å²) in [7, 11) is 1.69. The van der Waals surface area contributed by atoms with Crippen molar-refractivity contribution in [3.05, 3.63) is 35.2 Å². The zero-order valence-corrected chi connectivity index (χ0v) is 13.0. The molecule has 0 unspecified atom stereocenters. The number of halogens is 1. The van der Waals surface area contributed by atoms with Gasteiger partial charge < -0.3 is 14.3 Å². The Morgan fingerprint density at radius 3 is 2.95 bits per heavy atom. The number of hydrogen-bond donors (Lipinski definition) is 1. The molecule has 0 radical (unpaired) electrons. The van der Waals surface area contributed by atoms with Gasteiger partial charge in [-0.1, -0.05) is 23.7 Å². The van der Waals surface area contributed by atoms with Gasteiger partial charge in [0.2, 0.25) is 11.8 Å². The molecule has 0 amide bonds. The van der Waals surface area contributed by atoms with E-state index in [9.17, 15) is 5.11 Å². The zero-order valence-electron chi connectivity index (χ0n) is 12.3. The normalized spacial score (nSPS) is 22.3. The molecule has 1 aromatic carbocycles. The van der Waals surface area contributed by atoms with Crippen LogP contribution in [-0.2, 0) is 11.3 Å². The van der Waals surface area contributed by atoms with Crippen LogP contribution in [0.4, 0.5) is 0 Å². The molecule has 1 aliphatic rings. The molecular formula is C15H18ClN3O3. The first kappa shape index (κ1) is 15.4. The Morgan fingerprint density at radius 2 is 2.23 bits per heavy atom. The maximum atomic E-state index is 9.47. The number of aliphatic hydroxyl groups is 1. The van der Waals surface area contributed by atoms with E-state index in [2.05, 4.69) is 15.1 Å². The molecule has 7 heteroatoms. The third-order valence-corrected chi connectivity index (χ3v) is 4.27. The smallest absolute Gasteiger partial charge is 0.249 e. The van der Waals surface area contributed by atoms with Gasteiger partial charge in [0.25, 0.3) is 0 Å². The van der Waals surface area contributed by atoms with E-state index in [1.165, 1.54) is 0 Å². The van der Waals surface area contributed by atoms with Crippen LogP contribution in [-0.4, -0.2) is 52.6 Å². The van der Waals surface area contributed by atoms with Gasteiger partial charge in [-0.15, -0.1) is 10.2 Å². The quantitative estimate of drug-likeness (QED) is 0.907. The number of nitrogens with zero attached hydrogens (tertiary/aromatic N) is 3. The molecule has 0 bridgehead atoms. The van der Waals surface area contributed by atoms with Crippen LogP contribution in [0, 0.1) is 0 Å². The van der Waals surface area contributed by atoms with Crippen LogP contribution in [0.3, 0.4) is 0 Å². The van der Waals surface area contributed by atoms with E-state index in [1.54, 1.807) is 13.2 Å². The molecule has 0 spiro atoms. The average molecular weight is 324 g/mol. The lowest BCUT2D eigenvalue weighted by Gasteiger charge is -2.19. The Kier molecular flexibility index (Phi) is 4.73. The highest BCUT2D eigenvalue weighted by Crippen LogP contribution is 2.27. The molecule has 3 rings (SSSR count). The van der Waals surface area contributed by atoms with E-state index in [4.69, 9.17) is 20.8 Å². The first-order valence-electron chi connectivity index (χ1n) is 7.16. The zero-order chi connectivity index (χ0) is 15.5. The summed E-state index contributed by atoms with van der Waals surface area (Å²) in [4.78, 5) is 2.10. The highest BCUT2D eigenvalue weighted by molar-refractivity contribution is 6.33. The van der Waals surface area contributed by atoms with Crippen molar-refractivity contribution in [3.63, 3.8) is 0 Å². The van der Waals surface area contributed by atoms with Gasteiger partial charge in [0.15, 0.2) is 0 Å². The van der Waals surface area contributed by atoms with Gasteiger partial charge in [0.1, 0.15) is 0 Å². The fourth-order valence-corrected chi connectivity index (χ4v) is 2.94. The Morgan fingerprint density at radius 1 is 1.41 bits per heavy atom. The number of hydrogen-bond acceptors (Lipinski definition) is 6. The second-order valence-electron chi connectivity index (χ2n) is 5.34. The molecule has 118 valence electrons. The number of aromatic nitrogens is 2. The molecule has 2 heterocycles. The third kappa shape index (κ3) is 3.15. The number of aliphatic hydroxyl groups excluding tert-OH is 1. The molecule has 1 saturated heterocycles. The molecule has 1 fully saturated rings. The second kappa shape index (κ2) is 6.75. The molecular weight excluding hydrogens is 306 g/mol. The van der Waals surface area contributed by atoms with Crippen LogP contribution in [0.2, 0.25) is 5.02 Å². The molecule has 1 N–H and O–H groups in total. The van der Waals surface area contributed by atoms with Crippen molar-refractivity contribution in [1.29, 1.82) is 0 Å². The van der Waals surface area contributed by atoms with Crippen molar-refractivity contribution in [3.8, 4) is 11.5 Å². The number of likely N-dealkylation sites (tertiary alicyclic amines) is 1. The Hall–Kier alpha value is -1.47. The Labute approximate surface area is 133 Å². The van der Waals surface area contributed by atoms with Crippen LogP contribution >= 0.6 is 11.6 Å². The predicted molar refractivity (Wildman–Crippen MR) is 81.4 cm³/mol. The number of benzene rings is 1. The molecule has 1 aliphatic heterocycles. The molecule has 1 aromatic heterocycles. The van der Waals surface area contributed by atoms with Crippen molar-refractivity contribution in [2.75, 3.05) is 20.3 Å². The summed E-state index contributed by atoms with van der Waals surface area (Å²) < 4.78 is 11.1. The SMILES string of the molecule is CO[C@@H]1C[C@@H](CO)N(Cc2nnc(-c3ccccc3Cl)o2)C1. The third-order valence-electron chi connectivity index (χ3n) is 3.94. The molecule has 6 nitrogen and oxygen atoms in total. The van der Waals surface area contributed by atoms with Gasteiger partial charge in [-0.2, -0.15) is 0 Å². The van der Waals surface area contributed by atoms with Gasteiger partial charge in [-0.25, -0.2) is 0 Å². The molecule has 0 saturated carbocycles. The van der Waals surface area contributed by atoms with Gasteiger partial charge in [-0.05, 0) is 18.6 Å². The summed E-state index contributed by atoms with van der Waals surface area (Å²) in [6.45, 7) is 1.32.